The average Bonchev–Trinajstić information content (AvgIpc) is 2.58. The lowest BCUT2D eigenvalue weighted by atomic mass is 9.82. The smallest absolute Gasteiger partial charge is 0.126 e. The second-order valence-corrected chi connectivity index (χ2v) is 5.93. The summed E-state index contributed by atoms with van der Waals surface area (Å²) in [7, 11) is 0. The molecule has 5 unspecified atom stereocenters. The van der Waals surface area contributed by atoms with Crippen LogP contribution in [-0.4, -0.2) is 23.4 Å². The molecule has 0 spiro atoms. The summed E-state index contributed by atoms with van der Waals surface area (Å²) in [5, 5.41) is 10.9. The molecule has 2 nitrogen and oxygen atoms in total. The maximum absolute atomic E-state index is 13.7. The summed E-state index contributed by atoms with van der Waals surface area (Å²) in [5.41, 5.74) is 0.457. The van der Waals surface area contributed by atoms with Gasteiger partial charge >= 0.3 is 0 Å². The van der Waals surface area contributed by atoms with Gasteiger partial charge in [0, 0.05) is 17.4 Å². The van der Waals surface area contributed by atoms with E-state index in [2.05, 4.69) is 6.92 Å². The highest BCUT2D eigenvalue weighted by molar-refractivity contribution is 6.30. The van der Waals surface area contributed by atoms with E-state index in [1.807, 2.05) is 13.8 Å². The summed E-state index contributed by atoms with van der Waals surface area (Å²) in [6.45, 7) is 6.03. The third-order valence-corrected chi connectivity index (χ3v) is 4.44. The van der Waals surface area contributed by atoms with Gasteiger partial charge in [-0.1, -0.05) is 18.5 Å². The molecule has 1 aliphatic rings. The molecule has 0 radical (unpaired) electrons. The van der Waals surface area contributed by atoms with Crippen molar-refractivity contribution in [2.45, 2.75) is 45.5 Å². The van der Waals surface area contributed by atoms with Crippen LogP contribution in [0.2, 0.25) is 5.02 Å². The summed E-state index contributed by atoms with van der Waals surface area (Å²) in [4.78, 5) is 0. The molecule has 2 rings (SSSR count). The molecule has 0 aromatic heterocycles. The first-order chi connectivity index (χ1) is 8.90. The van der Waals surface area contributed by atoms with Gasteiger partial charge in [0.1, 0.15) is 5.82 Å². The number of ether oxygens (including phenoxy) is 1. The van der Waals surface area contributed by atoms with Gasteiger partial charge in [-0.3, -0.25) is 0 Å². The molecule has 1 saturated heterocycles. The van der Waals surface area contributed by atoms with Crippen molar-refractivity contribution < 1.29 is 14.2 Å². The Morgan fingerprint density at radius 1 is 1.32 bits per heavy atom. The van der Waals surface area contributed by atoms with Crippen LogP contribution in [0.25, 0.3) is 0 Å². The zero-order chi connectivity index (χ0) is 14.2. The summed E-state index contributed by atoms with van der Waals surface area (Å²) in [6.07, 6.45) is -0.244. The third kappa shape index (κ3) is 3.10. The topological polar surface area (TPSA) is 29.5 Å². The van der Waals surface area contributed by atoms with Crippen molar-refractivity contribution in [3.63, 3.8) is 0 Å². The summed E-state index contributed by atoms with van der Waals surface area (Å²) < 4.78 is 19.4. The molecule has 0 bridgehead atoms. The molecule has 0 aliphatic carbocycles. The molecular weight excluding hydrogens is 267 g/mol. The van der Waals surface area contributed by atoms with E-state index in [9.17, 15) is 9.50 Å². The SMILES string of the molecule is CC1OC(C)C(C(O)Cc2cc(Cl)ccc2F)C1C. The van der Waals surface area contributed by atoms with Crippen LogP contribution in [0.15, 0.2) is 18.2 Å². The van der Waals surface area contributed by atoms with Crippen molar-refractivity contribution in [1.82, 2.24) is 0 Å². The first kappa shape index (κ1) is 14.8. The summed E-state index contributed by atoms with van der Waals surface area (Å²) in [5.74, 6) is -0.0450. The van der Waals surface area contributed by atoms with Gasteiger partial charge in [-0.25, -0.2) is 4.39 Å². The van der Waals surface area contributed by atoms with Crippen LogP contribution in [-0.2, 0) is 11.2 Å². The highest BCUT2D eigenvalue weighted by Gasteiger charge is 2.41. The summed E-state index contributed by atoms with van der Waals surface area (Å²) >= 11 is 5.87. The lowest BCUT2D eigenvalue weighted by Crippen LogP contribution is -2.32. The van der Waals surface area contributed by atoms with Crippen LogP contribution in [0.3, 0.4) is 0 Å². The molecular formula is C15H20ClFO2. The van der Waals surface area contributed by atoms with Crippen LogP contribution in [0, 0.1) is 17.7 Å². The van der Waals surface area contributed by atoms with Crippen LogP contribution in [0.1, 0.15) is 26.3 Å². The molecule has 1 fully saturated rings. The standard InChI is InChI=1S/C15H20ClFO2/c1-8-9(2)19-10(3)15(8)14(18)7-11-6-12(16)4-5-13(11)17/h4-6,8-10,14-15,18H,7H2,1-3H3. The molecule has 1 aromatic rings. The fourth-order valence-corrected chi connectivity index (χ4v) is 3.21. The number of halogens is 2. The van der Waals surface area contributed by atoms with Crippen molar-refractivity contribution >= 4 is 11.6 Å². The Morgan fingerprint density at radius 3 is 2.58 bits per heavy atom. The number of hydrogen-bond donors (Lipinski definition) is 1. The molecule has 1 aliphatic heterocycles. The molecule has 5 atom stereocenters. The van der Waals surface area contributed by atoms with E-state index >= 15 is 0 Å². The Bertz CT molecular complexity index is 452. The van der Waals surface area contributed by atoms with Crippen LogP contribution in [0.4, 0.5) is 4.39 Å². The highest BCUT2D eigenvalue weighted by atomic mass is 35.5. The first-order valence-corrected chi connectivity index (χ1v) is 7.05. The van der Waals surface area contributed by atoms with Crippen LogP contribution >= 0.6 is 11.6 Å². The van der Waals surface area contributed by atoms with Crippen LogP contribution in [0.5, 0.6) is 0 Å². The highest BCUT2D eigenvalue weighted by Crippen LogP contribution is 2.35. The Labute approximate surface area is 118 Å². The number of rotatable bonds is 3. The van der Waals surface area contributed by atoms with Crippen molar-refractivity contribution in [1.29, 1.82) is 0 Å². The van der Waals surface area contributed by atoms with Gasteiger partial charge < -0.3 is 9.84 Å². The Hall–Kier alpha value is -0.640. The molecule has 1 heterocycles. The monoisotopic (exact) mass is 286 g/mol. The minimum atomic E-state index is -0.622. The van der Waals surface area contributed by atoms with Gasteiger partial charge in [-0.2, -0.15) is 0 Å². The maximum atomic E-state index is 13.7. The number of aliphatic hydroxyl groups excluding tert-OH is 1. The first-order valence-electron chi connectivity index (χ1n) is 6.67. The van der Waals surface area contributed by atoms with Crippen molar-refractivity contribution in [3.05, 3.63) is 34.6 Å². The molecule has 0 amide bonds. The van der Waals surface area contributed by atoms with Gasteiger partial charge in [0.15, 0.2) is 0 Å². The van der Waals surface area contributed by atoms with Gasteiger partial charge in [0.25, 0.3) is 0 Å². The van der Waals surface area contributed by atoms with Gasteiger partial charge in [0.05, 0.1) is 18.3 Å². The van der Waals surface area contributed by atoms with Gasteiger partial charge in [0.2, 0.25) is 0 Å². The van der Waals surface area contributed by atoms with Gasteiger partial charge in [-0.15, -0.1) is 0 Å². The molecule has 106 valence electrons. The normalized spacial score (nSPS) is 32.5. The minimum absolute atomic E-state index is 0.0118. The maximum Gasteiger partial charge on any atom is 0.126 e. The van der Waals surface area contributed by atoms with E-state index in [-0.39, 0.29) is 36.3 Å². The Kier molecular flexibility index (Phi) is 4.49. The second-order valence-electron chi connectivity index (χ2n) is 5.49. The zero-order valence-corrected chi connectivity index (χ0v) is 12.2. The number of hydrogen-bond acceptors (Lipinski definition) is 2. The quantitative estimate of drug-likeness (QED) is 0.922. The molecule has 19 heavy (non-hydrogen) atoms. The largest absolute Gasteiger partial charge is 0.392 e. The lowest BCUT2D eigenvalue weighted by molar-refractivity contribution is 0.0237. The Balaban J connectivity index is 2.12. The van der Waals surface area contributed by atoms with E-state index in [1.54, 1.807) is 6.07 Å². The van der Waals surface area contributed by atoms with Crippen LogP contribution < -0.4 is 0 Å². The third-order valence-electron chi connectivity index (χ3n) is 4.20. The van der Waals surface area contributed by atoms with E-state index < -0.39 is 6.10 Å². The number of aliphatic hydroxyl groups is 1. The number of benzene rings is 1. The van der Waals surface area contributed by atoms with E-state index in [4.69, 9.17) is 16.3 Å². The lowest BCUT2D eigenvalue weighted by Gasteiger charge is -2.24. The fourth-order valence-electron chi connectivity index (χ4n) is 3.02. The summed E-state index contributed by atoms with van der Waals surface area (Å²) in [6, 6.07) is 4.43. The van der Waals surface area contributed by atoms with Gasteiger partial charge in [-0.05, 0) is 43.5 Å². The zero-order valence-electron chi connectivity index (χ0n) is 11.4. The Morgan fingerprint density at radius 2 is 2.00 bits per heavy atom. The van der Waals surface area contributed by atoms with Crippen molar-refractivity contribution in [3.8, 4) is 0 Å². The van der Waals surface area contributed by atoms with E-state index in [1.165, 1.54) is 12.1 Å². The van der Waals surface area contributed by atoms with Crippen molar-refractivity contribution in [2.75, 3.05) is 0 Å². The molecule has 1 N–H and O–H groups in total. The average molecular weight is 287 g/mol. The molecule has 0 saturated carbocycles. The molecule has 4 heteroatoms. The molecule has 1 aromatic carbocycles. The fraction of sp³-hybridized carbons (Fsp3) is 0.600. The van der Waals surface area contributed by atoms with E-state index in [0.717, 1.165) is 0 Å². The minimum Gasteiger partial charge on any atom is -0.392 e. The van der Waals surface area contributed by atoms with Crippen molar-refractivity contribution in [2.24, 2.45) is 11.8 Å². The van der Waals surface area contributed by atoms with E-state index in [0.29, 0.717) is 10.6 Å². The second kappa shape index (κ2) is 5.78. The predicted molar refractivity (Wildman–Crippen MR) is 73.8 cm³/mol. The predicted octanol–water partition coefficient (Wildman–Crippen LogP) is 3.44.